The van der Waals surface area contributed by atoms with Crippen LogP contribution in [0.4, 0.5) is 0 Å². The lowest BCUT2D eigenvalue weighted by Crippen LogP contribution is -2.44. The summed E-state index contributed by atoms with van der Waals surface area (Å²) in [7, 11) is 3.92. The molecule has 140 valence electrons. The molecule has 0 aliphatic carbocycles. The van der Waals surface area contributed by atoms with Crippen LogP contribution in [0.3, 0.4) is 0 Å². The largest absolute Gasteiger partial charge is 0.481 e. The van der Waals surface area contributed by atoms with Crippen molar-refractivity contribution in [2.45, 2.75) is 37.8 Å². The Labute approximate surface area is 149 Å². The van der Waals surface area contributed by atoms with Crippen molar-refractivity contribution >= 4 is 23.2 Å². The highest BCUT2D eigenvalue weighted by Crippen LogP contribution is 2.27. The van der Waals surface area contributed by atoms with Crippen LogP contribution in [0.2, 0.25) is 0 Å². The number of aliphatic hydroxyl groups is 1. The van der Waals surface area contributed by atoms with Gasteiger partial charge in [0, 0.05) is 18.8 Å². The van der Waals surface area contributed by atoms with Gasteiger partial charge in [-0.15, -0.1) is 11.3 Å². The number of hydrogen-bond donors (Lipinski definition) is 3. The molecule has 4 atom stereocenters. The first-order valence-corrected chi connectivity index (χ1v) is 8.66. The Bertz CT molecular complexity index is 604. The van der Waals surface area contributed by atoms with Crippen LogP contribution in [0.5, 0.6) is 0 Å². The Hall–Kier alpha value is -1.59. The molecule has 2 fully saturated rings. The molecule has 0 aromatic carbocycles. The van der Waals surface area contributed by atoms with Crippen LogP contribution in [-0.4, -0.2) is 83.6 Å². The van der Waals surface area contributed by atoms with E-state index in [0.29, 0.717) is 18.8 Å². The second-order valence-electron chi connectivity index (χ2n) is 6.13. The molecule has 0 unspecified atom stereocenters. The van der Waals surface area contributed by atoms with Crippen molar-refractivity contribution in [3.05, 3.63) is 16.1 Å². The van der Waals surface area contributed by atoms with Crippen molar-refractivity contribution in [2.24, 2.45) is 0 Å². The molecule has 2 aliphatic rings. The summed E-state index contributed by atoms with van der Waals surface area (Å²) in [5.74, 6) is -1.06. The van der Waals surface area contributed by atoms with Crippen LogP contribution in [0.1, 0.15) is 22.4 Å². The summed E-state index contributed by atoms with van der Waals surface area (Å²) in [6.45, 7) is 2.41. The van der Waals surface area contributed by atoms with Crippen molar-refractivity contribution in [1.29, 1.82) is 0 Å². The maximum Gasteiger partial charge on any atom is 0.300 e. The summed E-state index contributed by atoms with van der Waals surface area (Å²) in [5.41, 5.74) is 0.416. The molecular weight excluding hydrogens is 350 g/mol. The number of nitrogens with zero attached hydrogens (tertiary/aromatic N) is 2. The van der Waals surface area contributed by atoms with E-state index in [2.05, 4.69) is 10.3 Å². The van der Waals surface area contributed by atoms with Gasteiger partial charge in [0.05, 0.1) is 19.3 Å². The Morgan fingerprint density at radius 1 is 1.36 bits per heavy atom. The summed E-state index contributed by atoms with van der Waals surface area (Å²) in [5, 5.41) is 22.6. The summed E-state index contributed by atoms with van der Waals surface area (Å²) < 4.78 is 11.0. The zero-order valence-electron chi connectivity index (χ0n) is 14.3. The topological polar surface area (TPSA) is 121 Å². The van der Waals surface area contributed by atoms with Gasteiger partial charge >= 0.3 is 0 Å². The van der Waals surface area contributed by atoms with E-state index >= 15 is 0 Å². The number of carbonyl (C=O) groups is 2. The van der Waals surface area contributed by atoms with E-state index in [4.69, 9.17) is 19.4 Å². The van der Waals surface area contributed by atoms with Gasteiger partial charge < -0.3 is 29.9 Å². The van der Waals surface area contributed by atoms with E-state index in [9.17, 15) is 9.90 Å². The van der Waals surface area contributed by atoms with E-state index in [0.717, 1.165) is 11.9 Å². The molecule has 0 saturated carbocycles. The number of amides is 1. The van der Waals surface area contributed by atoms with Crippen molar-refractivity contribution in [3.63, 3.8) is 0 Å². The Morgan fingerprint density at radius 2 is 2.00 bits per heavy atom. The molecule has 3 N–H and O–H groups in total. The summed E-state index contributed by atoms with van der Waals surface area (Å²) in [6.07, 6.45) is -1.22. The number of thiazole rings is 1. The first-order chi connectivity index (χ1) is 11.8. The van der Waals surface area contributed by atoms with E-state index in [1.807, 2.05) is 19.0 Å². The number of carbonyl (C=O) groups excluding carboxylic acids is 1. The van der Waals surface area contributed by atoms with Crippen molar-refractivity contribution in [2.75, 3.05) is 27.3 Å². The van der Waals surface area contributed by atoms with Gasteiger partial charge in [0.25, 0.3) is 11.9 Å². The van der Waals surface area contributed by atoms with Crippen LogP contribution in [0, 0.1) is 0 Å². The minimum Gasteiger partial charge on any atom is -0.481 e. The van der Waals surface area contributed by atoms with E-state index in [-0.39, 0.29) is 30.8 Å². The van der Waals surface area contributed by atoms with Crippen LogP contribution in [-0.2, 0) is 20.8 Å². The van der Waals surface area contributed by atoms with Gasteiger partial charge in [-0.05, 0) is 14.1 Å². The monoisotopic (exact) mass is 373 g/mol. The maximum atomic E-state index is 12.2. The minimum atomic E-state index is -0.833. The predicted octanol–water partition coefficient (Wildman–Crippen LogP) is -0.447. The number of nitrogens with one attached hydrogen (secondary N) is 1. The van der Waals surface area contributed by atoms with Gasteiger partial charge in [0.15, 0.2) is 0 Å². The zero-order chi connectivity index (χ0) is 18.6. The van der Waals surface area contributed by atoms with Gasteiger partial charge in [-0.1, -0.05) is 0 Å². The smallest absolute Gasteiger partial charge is 0.300 e. The number of aliphatic carboxylic acids is 1. The number of carboxylic acids is 1. The molecule has 10 heteroatoms. The highest BCUT2D eigenvalue weighted by Gasteiger charge is 2.47. The second-order valence-corrected chi connectivity index (χ2v) is 7.07. The molecule has 1 aromatic rings. The van der Waals surface area contributed by atoms with Gasteiger partial charge in [0.2, 0.25) is 0 Å². The van der Waals surface area contributed by atoms with Crippen molar-refractivity contribution in [3.8, 4) is 0 Å². The molecule has 25 heavy (non-hydrogen) atoms. The van der Waals surface area contributed by atoms with E-state index in [1.54, 1.807) is 5.38 Å². The van der Waals surface area contributed by atoms with Crippen LogP contribution < -0.4 is 5.32 Å². The molecule has 3 heterocycles. The molecule has 2 saturated heterocycles. The second kappa shape index (κ2) is 8.68. The normalized spacial score (nSPS) is 27.6. The number of aliphatic hydroxyl groups excluding tert-OH is 1. The number of fused-ring (bicyclic) bond motifs is 1. The summed E-state index contributed by atoms with van der Waals surface area (Å²) >= 11 is 1.47. The third-order valence-electron chi connectivity index (χ3n) is 3.58. The molecule has 1 amide bonds. The molecule has 2 aliphatic heterocycles. The predicted molar refractivity (Wildman–Crippen MR) is 89.6 cm³/mol. The third kappa shape index (κ3) is 5.44. The first-order valence-electron chi connectivity index (χ1n) is 7.78. The summed E-state index contributed by atoms with van der Waals surface area (Å²) in [4.78, 5) is 27.5. The highest BCUT2D eigenvalue weighted by molar-refractivity contribution is 7.09. The quantitative estimate of drug-likeness (QED) is 0.649. The lowest BCUT2D eigenvalue weighted by Gasteiger charge is -2.16. The Kier molecular flexibility index (Phi) is 6.85. The minimum absolute atomic E-state index is 0.226. The zero-order valence-corrected chi connectivity index (χ0v) is 15.2. The standard InChI is InChI=1S/C13H19N3O4S.C2H4O2/c1-16(2)3-10-14-8(6-21-10)13(18)15-7-4-19-12-9(17)5-20-11(7)12;1-2(3)4/h6-7,9,11-12,17H,3-5H2,1-2H3,(H,15,18);1H3,(H,3,4)/t7-,9+,11+,12+;/m0./s1. The molecule has 0 bridgehead atoms. The fourth-order valence-electron chi connectivity index (χ4n) is 2.60. The average Bonchev–Trinajstić information content (AvgIpc) is 3.18. The van der Waals surface area contributed by atoms with Gasteiger partial charge in [-0.3, -0.25) is 9.59 Å². The van der Waals surface area contributed by atoms with Crippen molar-refractivity contribution in [1.82, 2.24) is 15.2 Å². The number of ether oxygens (including phenoxy) is 2. The molecule has 1 aromatic heterocycles. The van der Waals surface area contributed by atoms with Gasteiger partial charge in [-0.2, -0.15) is 0 Å². The molecular formula is C15H23N3O6S. The van der Waals surface area contributed by atoms with E-state index < -0.39 is 12.1 Å². The van der Waals surface area contributed by atoms with Gasteiger partial charge in [-0.25, -0.2) is 4.98 Å². The fourth-order valence-corrected chi connectivity index (χ4v) is 3.49. The van der Waals surface area contributed by atoms with E-state index in [1.165, 1.54) is 11.3 Å². The lowest BCUT2D eigenvalue weighted by atomic mass is 10.1. The highest BCUT2D eigenvalue weighted by atomic mass is 32.1. The molecule has 0 spiro atoms. The Balaban J connectivity index is 0.000000511. The molecule has 3 rings (SSSR count). The third-order valence-corrected chi connectivity index (χ3v) is 4.41. The van der Waals surface area contributed by atoms with Gasteiger partial charge in [0.1, 0.15) is 29.0 Å². The lowest BCUT2D eigenvalue weighted by molar-refractivity contribution is -0.134. The average molecular weight is 373 g/mol. The SMILES string of the molecule is CC(=O)O.CN(C)Cc1nc(C(=O)N[C@H]2CO[C@H]3[C@@H]2OC[C@H]3O)cs1. The number of carboxylic acid groups (broad SMARTS) is 1. The van der Waals surface area contributed by atoms with Crippen LogP contribution in [0.25, 0.3) is 0 Å². The van der Waals surface area contributed by atoms with Crippen LogP contribution in [0.15, 0.2) is 5.38 Å². The fraction of sp³-hybridized carbons (Fsp3) is 0.667. The summed E-state index contributed by atoms with van der Waals surface area (Å²) in [6, 6.07) is -0.237. The number of aromatic nitrogens is 1. The Morgan fingerprint density at radius 3 is 2.64 bits per heavy atom. The van der Waals surface area contributed by atoms with Crippen molar-refractivity contribution < 1.29 is 29.3 Å². The first kappa shape index (κ1) is 19.7. The maximum absolute atomic E-state index is 12.2. The number of hydrogen-bond acceptors (Lipinski definition) is 8. The van der Waals surface area contributed by atoms with Crippen LogP contribution >= 0.6 is 11.3 Å². The number of rotatable bonds is 4. The molecule has 9 nitrogen and oxygen atoms in total. The molecule has 0 radical (unpaired) electrons.